The molecule has 1 N–H and O–H groups in total. The van der Waals surface area contributed by atoms with Crippen LogP contribution in [-0.2, 0) is 4.74 Å². The van der Waals surface area contributed by atoms with Crippen LogP contribution >= 0.6 is 11.3 Å². The van der Waals surface area contributed by atoms with Gasteiger partial charge >= 0.3 is 6.09 Å². The second-order valence-corrected chi connectivity index (χ2v) is 5.75. The predicted molar refractivity (Wildman–Crippen MR) is 78.0 cm³/mol. The highest BCUT2D eigenvalue weighted by molar-refractivity contribution is 7.11. The summed E-state index contributed by atoms with van der Waals surface area (Å²) in [6, 6.07) is 1.90. The normalized spacial score (nSPS) is 12.1. The molecular weight excluding hydrogens is 246 g/mol. The Bertz CT molecular complexity index is 433. The van der Waals surface area contributed by atoms with E-state index in [4.69, 9.17) is 4.74 Å². The molecule has 1 aromatic rings. The fraction of sp³-hybridized carbons (Fsp3) is 0.500. The highest BCUT2D eigenvalue weighted by atomic mass is 32.1. The minimum Gasteiger partial charge on any atom is -0.447 e. The van der Waals surface area contributed by atoms with Gasteiger partial charge in [0, 0.05) is 0 Å². The number of carbonyl (C=O) groups excluding carboxylic acids is 1. The van der Waals surface area contributed by atoms with E-state index in [0.29, 0.717) is 5.92 Å². The molecule has 0 aliphatic rings. The summed E-state index contributed by atoms with van der Waals surface area (Å²) in [7, 11) is 0. The average molecular weight is 267 g/mol. The second kappa shape index (κ2) is 6.59. The molecule has 100 valence electrons. The molecule has 4 heteroatoms. The number of carbonyl (C=O) groups is 1. The van der Waals surface area contributed by atoms with Crippen molar-refractivity contribution in [2.45, 2.75) is 40.7 Å². The third-order valence-corrected chi connectivity index (χ3v) is 3.24. The van der Waals surface area contributed by atoms with Crippen LogP contribution in [0.4, 0.5) is 10.5 Å². The van der Waals surface area contributed by atoms with Crippen LogP contribution in [0.15, 0.2) is 17.5 Å². The van der Waals surface area contributed by atoms with Gasteiger partial charge < -0.3 is 4.74 Å². The lowest BCUT2D eigenvalue weighted by Gasteiger charge is -2.10. The zero-order valence-corrected chi connectivity index (χ0v) is 12.4. The number of hydrogen-bond acceptors (Lipinski definition) is 3. The van der Waals surface area contributed by atoms with Crippen LogP contribution in [0, 0.1) is 5.92 Å². The third kappa shape index (κ3) is 4.53. The first-order valence-electron chi connectivity index (χ1n) is 6.14. The zero-order chi connectivity index (χ0) is 13.7. The van der Waals surface area contributed by atoms with E-state index in [1.54, 1.807) is 11.3 Å². The smallest absolute Gasteiger partial charge is 0.411 e. The number of anilines is 1. The van der Waals surface area contributed by atoms with Crippen molar-refractivity contribution in [3.05, 3.63) is 22.4 Å². The Morgan fingerprint density at radius 1 is 1.39 bits per heavy atom. The van der Waals surface area contributed by atoms with Crippen LogP contribution < -0.4 is 5.32 Å². The Balaban J connectivity index is 2.80. The monoisotopic (exact) mass is 267 g/mol. The molecule has 0 atom stereocenters. The first-order valence-corrected chi connectivity index (χ1v) is 7.02. The Labute approximate surface area is 113 Å². The van der Waals surface area contributed by atoms with E-state index < -0.39 is 6.09 Å². The van der Waals surface area contributed by atoms with Crippen molar-refractivity contribution in [3.8, 4) is 0 Å². The van der Waals surface area contributed by atoms with Gasteiger partial charge in [0.2, 0.25) is 0 Å². The average Bonchev–Trinajstić information content (AvgIpc) is 2.62. The van der Waals surface area contributed by atoms with Crippen LogP contribution in [0.25, 0.3) is 5.57 Å². The van der Waals surface area contributed by atoms with Crippen LogP contribution in [0.3, 0.4) is 0 Å². The minimum atomic E-state index is -0.401. The molecule has 1 aromatic heterocycles. The number of allylic oxidation sites excluding steroid dienone is 2. The van der Waals surface area contributed by atoms with Gasteiger partial charge in [0.25, 0.3) is 0 Å². The number of amides is 1. The van der Waals surface area contributed by atoms with E-state index in [1.165, 1.54) is 5.57 Å². The van der Waals surface area contributed by atoms with Crippen molar-refractivity contribution in [1.29, 1.82) is 0 Å². The molecule has 18 heavy (non-hydrogen) atoms. The molecule has 0 aliphatic heterocycles. The summed E-state index contributed by atoms with van der Waals surface area (Å²) in [6.07, 6.45) is 1.67. The summed E-state index contributed by atoms with van der Waals surface area (Å²) in [5.41, 5.74) is 2.00. The van der Waals surface area contributed by atoms with Gasteiger partial charge in [-0.15, -0.1) is 11.3 Å². The molecule has 0 aromatic carbocycles. The quantitative estimate of drug-likeness (QED) is 0.853. The minimum absolute atomic E-state index is 0.112. The number of ether oxygens (including phenoxy) is 1. The molecule has 0 bridgehead atoms. The van der Waals surface area contributed by atoms with Crippen molar-refractivity contribution < 1.29 is 9.53 Å². The van der Waals surface area contributed by atoms with E-state index in [-0.39, 0.29) is 6.10 Å². The Morgan fingerprint density at radius 2 is 2.06 bits per heavy atom. The van der Waals surface area contributed by atoms with Crippen molar-refractivity contribution in [2.75, 3.05) is 5.32 Å². The summed E-state index contributed by atoms with van der Waals surface area (Å²) >= 11 is 1.62. The highest BCUT2D eigenvalue weighted by Crippen LogP contribution is 2.30. The fourth-order valence-electron chi connectivity index (χ4n) is 1.64. The van der Waals surface area contributed by atoms with Gasteiger partial charge in [-0.2, -0.15) is 0 Å². The van der Waals surface area contributed by atoms with Gasteiger partial charge in [0.05, 0.1) is 16.7 Å². The Morgan fingerprint density at radius 3 is 2.61 bits per heavy atom. The maximum absolute atomic E-state index is 11.6. The van der Waals surface area contributed by atoms with Gasteiger partial charge in [-0.1, -0.05) is 19.9 Å². The Kier molecular flexibility index (Phi) is 5.41. The third-order valence-electron chi connectivity index (χ3n) is 2.19. The maximum Gasteiger partial charge on any atom is 0.411 e. The molecular formula is C14H21NO2S. The number of rotatable bonds is 4. The largest absolute Gasteiger partial charge is 0.447 e. The molecule has 0 fully saturated rings. The van der Waals surface area contributed by atoms with Gasteiger partial charge in [-0.3, -0.25) is 5.32 Å². The molecule has 0 aliphatic carbocycles. The van der Waals surface area contributed by atoms with Crippen LogP contribution in [-0.4, -0.2) is 12.2 Å². The standard InChI is InChI=1S/C14H21NO2S/c1-9(2)8-11(5)13-12(6-7-18-13)15-14(16)17-10(3)4/h6-10H,1-5H3,(H,15,16)/b11-8-. The summed E-state index contributed by atoms with van der Waals surface area (Å²) < 4.78 is 5.07. The fourth-order valence-corrected chi connectivity index (χ4v) is 2.48. The lowest BCUT2D eigenvalue weighted by atomic mass is 10.1. The zero-order valence-electron chi connectivity index (χ0n) is 11.6. The van der Waals surface area contributed by atoms with Crippen LogP contribution in [0.2, 0.25) is 0 Å². The number of hydrogen-bond donors (Lipinski definition) is 1. The lowest BCUT2D eigenvalue weighted by Crippen LogP contribution is -2.18. The van der Waals surface area contributed by atoms with Crippen molar-refractivity contribution in [3.63, 3.8) is 0 Å². The van der Waals surface area contributed by atoms with Gasteiger partial charge in [0.15, 0.2) is 0 Å². The SMILES string of the molecule is C/C(=C/C(C)C)c1sccc1NC(=O)OC(C)C. The molecule has 0 spiro atoms. The van der Waals surface area contributed by atoms with Crippen LogP contribution in [0.5, 0.6) is 0 Å². The van der Waals surface area contributed by atoms with Crippen molar-refractivity contribution >= 4 is 28.7 Å². The van der Waals surface area contributed by atoms with E-state index in [1.807, 2.05) is 25.3 Å². The second-order valence-electron chi connectivity index (χ2n) is 4.84. The number of thiophene rings is 1. The molecule has 1 amide bonds. The van der Waals surface area contributed by atoms with Crippen molar-refractivity contribution in [2.24, 2.45) is 5.92 Å². The van der Waals surface area contributed by atoms with E-state index in [0.717, 1.165) is 10.6 Å². The predicted octanol–water partition coefficient (Wildman–Crippen LogP) is 4.76. The molecule has 3 nitrogen and oxygen atoms in total. The maximum atomic E-state index is 11.6. The molecule has 0 radical (unpaired) electrons. The first-order chi connectivity index (χ1) is 8.40. The van der Waals surface area contributed by atoms with Crippen LogP contribution in [0.1, 0.15) is 39.5 Å². The molecule has 0 saturated carbocycles. The van der Waals surface area contributed by atoms with E-state index in [2.05, 4.69) is 32.2 Å². The lowest BCUT2D eigenvalue weighted by molar-refractivity contribution is 0.130. The number of nitrogens with one attached hydrogen (secondary N) is 1. The highest BCUT2D eigenvalue weighted by Gasteiger charge is 2.11. The topological polar surface area (TPSA) is 38.3 Å². The van der Waals surface area contributed by atoms with E-state index >= 15 is 0 Å². The summed E-state index contributed by atoms with van der Waals surface area (Å²) in [4.78, 5) is 12.7. The summed E-state index contributed by atoms with van der Waals surface area (Å²) in [6.45, 7) is 10.00. The molecule has 1 heterocycles. The summed E-state index contributed by atoms with van der Waals surface area (Å²) in [5.74, 6) is 0.488. The van der Waals surface area contributed by atoms with Gasteiger partial charge in [-0.05, 0) is 43.7 Å². The van der Waals surface area contributed by atoms with Gasteiger partial charge in [0.1, 0.15) is 0 Å². The molecule has 0 unspecified atom stereocenters. The first kappa shape index (κ1) is 14.8. The Hall–Kier alpha value is -1.29. The molecule has 1 rings (SSSR count). The van der Waals surface area contributed by atoms with Gasteiger partial charge in [-0.25, -0.2) is 4.79 Å². The molecule has 0 saturated heterocycles. The van der Waals surface area contributed by atoms with Crippen molar-refractivity contribution in [1.82, 2.24) is 0 Å². The summed E-state index contributed by atoms with van der Waals surface area (Å²) in [5, 5.41) is 4.75. The van der Waals surface area contributed by atoms with E-state index in [9.17, 15) is 4.79 Å².